The molecule has 3 aliphatic rings. The summed E-state index contributed by atoms with van der Waals surface area (Å²) in [7, 11) is 0. The first-order chi connectivity index (χ1) is 19.9. The summed E-state index contributed by atoms with van der Waals surface area (Å²) >= 11 is 0. The molecule has 2 aliphatic heterocycles. The Labute approximate surface area is 237 Å². The van der Waals surface area contributed by atoms with Crippen molar-refractivity contribution in [2.45, 2.75) is 50.8 Å². The van der Waals surface area contributed by atoms with Crippen molar-refractivity contribution in [1.82, 2.24) is 29.3 Å². The summed E-state index contributed by atoms with van der Waals surface area (Å²) < 4.78 is 35.1. The minimum absolute atomic E-state index is 0.0834. The number of morpholine rings is 1. The molecule has 2 saturated heterocycles. The van der Waals surface area contributed by atoms with Crippen LogP contribution in [0.5, 0.6) is 0 Å². The average Bonchev–Trinajstić information content (AvgIpc) is 3.61. The summed E-state index contributed by atoms with van der Waals surface area (Å²) in [6.07, 6.45) is -0.243. The molecule has 220 valence electrons. The third-order valence-corrected chi connectivity index (χ3v) is 8.30. The van der Waals surface area contributed by atoms with Crippen molar-refractivity contribution >= 4 is 28.7 Å². The zero-order valence-corrected chi connectivity index (χ0v) is 23.1. The number of rotatable bonds is 7. The molecule has 3 aromatic rings. The van der Waals surface area contributed by atoms with Gasteiger partial charge in [0.25, 0.3) is 6.43 Å². The van der Waals surface area contributed by atoms with Crippen LogP contribution >= 0.6 is 0 Å². The molecule has 1 aromatic carbocycles. The quantitative estimate of drug-likeness (QED) is 0.443. The molecule has 11 nitrogen and oxygen atoms in total. The molecule has 13 heteroatoms. The molecular weight excluding hydrogens is 534 g/mol. The van der Waals surface area contributed by atoms with Gasteiger partial charge in [0.05, 0.1) is 30.4 Å². The molecule has 1 aliphatic carbocycles. The number of carbonyl (C=O) groups is 1. The van der Waals surface area contributed by atoms with Gasteiger partial charge in [-0.2, -0.15) is 9.97 Å². The van der Waals surface area contributed by atoms with Crippen LogP contribution in [0.1, 0.15) is 38.4 Å². The largest absolute Gasteiger partial charge is 0.391 e. The number of amides is 1. The van der Waals surface area contributed by atoms with E-state index in [1.165, 1.54) is 4.57 Å². The molecule has 0 spiro atoms. The standard InChI is InChI=1S/C28H36F2N8O3/c1-18(27(40)37-11-9-35(10-12-37)21-7-4-8-22(21)39)31-28-33-23(36-13-15-41-16-14-36)17-24(34-28)38-20-6-3-2-5-19(20)32-26(38)25(29)30/h2-3,5-6,17-18,21-22,25,39H,4,7-16H2,1H3,(H,31,33,34)/t18-,21?,22?/m0/s1. The number of imidazole rings is 1. The number of hydrogen-bond donors (Lipinski definition) is 2. The Hall–Kier alpha value is -3.42. The second kappa shape index (κ2) is 11.8. The highest BCUT2D eigenvalue weighted by atomic mass is 19.3. The van der Waals surface area contributed by atoms with E-state index in [-0.39, 0.29) is 29.8 Å². The van der Waals surface area contributed by atoms with Gasteiger partial charge in [0.15, 0.2) is 5.82 Å². The highest BCUT2D eigenvalue weighted by molar-refractivity contribution is 5.84. The van der Waals surface area contributed by atoms with Crippen molar-refractivity contribution in [3.05, 3.63) is 36.2 Å². The number of ether oxygens (including phenoxy) is 1. The van der Waals surface area contributed by atoms with Gasteiger partial charge in [-0.15, -0.1) is 0 Å². The topological polar surface area (TPSA) is 112 Å². The summed E-state index contributed by atoms with van der Waals surface area (Å²) in [5, 5.41) is 13.4. The number of aromatic nitrogens is 4. The van der Waals surface area contributed by atoms with Crippen molar-refractivity contribution in [3.8, 4) is 5.82 Å². The van der Waals surface area contributed by atoms with E-state index in [4.69, 9.17) is 4.74 Å². The Balaban J connectivity index is 1.25. The molecule has 1 saturated carbocycles. The van der Waals surface area contributed by atoms with Crippen LogP contribution in [-0.2, 0) is 9.53 Å². The van der Waals surface area contributed by atoms with Gasteiger partial charge in [-0.05, 0) is 38.3 Å². The highest BCUT2D eigenvalue weighted by Gasteiger charge is 2.34. The van der Waals surface area contributed by atoms with E-state index in [1.54, 1.807) is 37.3 Å². The number of nitrogens with zero attached hydrogens (tertiary/aromatic N) is 7. The second-order valence-electron chi connectivity index (χ2n) is 10.9. The van der Waals surface area contributed by atoms with E-state index < -0.39 is 18.3 Å². The molecule has 2 unspecified atom stereocenters. The monoisotopic (exact) mass is 570 g/mol. The van der Waals surface area contributed by atoms with Crippen molar-refractivity contribution in [3.63, 3.8) is 0 Å². The number of para-hydroxylation sites is 2. The van der Waals surface area contributed by atoms with E-state index in [0.717, 1.165) is 32.4 Å². The fourth-order valence-electron chi connectivity index (χ4n) is 6.14. The number of benzene rings is 1. The minimum Gasteiger partial charge on any atom is -0.391 e. The van der Waals surface area contributed by atoms with Gasteiger partial charge in [0, 0.05) is 51.4 Å². The lowest BCUT2D eigenvalue weighted by molar-refractivity contribution is -0.134. The fraction of sp³-hybridized carbons (Fsp3) is 0.571. The molecule has 0 bridgehead atoms. The Morgan fingerprint density at radius 2 is 1.76 bits per heavy atom. The summed E-state index contributed by atoms with van der Waals surface area (Å²) in [6.45, 7) is 6.59. The average molecular weight is 571 g/mol. The third-order valence-electron chi connectivity index (χ3n) is 8.30. The lowest BCUT2D eigenvalue weighted by Crippen LogP contribution is -2.55. The van der Waals surface area contributed by atoms with Gasteiger partial charge in [-0.3, -0.25) is 14.3 Å². The summed E-state index contributed by atoms with van der Waals surface area (Å²) in [4.78, 5) is 33.0. The Morgan fingerprint density at radius 1 is 1.02 bits per heavy atom. The number of piperazine rings is 1. The number of nitrogens with one attached hydrogen (secondary N) is 1. The number of aliphatic hydroxyl groups excluding tert-OH is 1. The predicted octanol–water partition coefficient (Wildman–Crippen LogP) is 2.45. The zero-order chi connectivity index (χ0) is 28.5. The van der Waals surface area contributed by atoms with Gasteiger partial charge < -0.3 is 25.0 Å². The van der Waals surface area contributed by atoms with Crippen molar-refractivity contribution in [2.75, 3.05) is 62.7 Å². The summed E-state index contributed by atoms with van der Waals surface area (Å²) in [5.41, 5.74) is 0.950. The van der Waals surface area contributed by atoms with Crippen LogP contribution in [0.4, 0.5) is 20.5 Å². The number of anilines is 2. The first-order valence-electron chi connectivity index (χ1n) is 14.3. The number of hydrogen-bond acceptors (Lipinski definition) is 9. The van der Waals surface area contributed by atoms with E-state index in [1.807, 2.05) is 9.80 Å². The maximum Gasteiger partial charge on any atom is 0.296 e. The predicted molar refractivity (Wildman–Crippen MR) is 150 cm³/mol. The van der Waals surface area contributed by atoms with Gasteiger partial charge in [-0.1, -0.05) is 12.1 Å². The van der Waals surface area contributed by atoms with Crippen LogP contribution in [0.15, 0.2) is 30.3 Å². The zero-order valence-electron chi connectivity index (χ0n) is 23.1. The number of alkyl halides is 2. The van der Waals surface area contributed by atoms with Crippen LogP contribution in [0.2, 0.25) is 0 Å². The van der Waals surface area contributed by atoms with Crippen LogP contribution in [0, 0.1) is 0 Å². The summed E-state index contributed by atoms with van der Waals surface area (Å²) in [5.74, 6) is 0.493. The fourth-order valence-corrected chi connectivity index (χ4v) is 6.14. The lowest BCUT2D eigenvalue weighted by atomic mass is 10.1. The maximum absolute atomic E-state index is 14.1. The van der Waals surface area contributed by atoms with Crippen molar-refractivity contribution < 1.29 is 23.4 Å². The normalized spacial score (nSPS) is 23.0. The van der Waals surface area contributed by atoms with Gasteiger partial charge in [0.2, 0.25) is 11.9 Å². The van der Waals surface area contributed by atoms with Crippen LogP contribution in [0.25, 0.3) is 16.9 Å². The SMILES string of the molecule is C[C@H](Nc1nc(N2CCOCC2)cc(-n2c(C(F)F)nc3ccccc32)n1)C(=O)N1CCN(C2CCCC2O)CC1. The van der Waals surface area contributed by atoms with Crippen LogP contribution in [-0.4, -0.2) is 111 Å². The van der Waals surface area contributed by atoms with E-state index >= 15 is 0 Å². The third kappa shape index (κ3) is 5.70. The number of carbonyl (C=O) groups excluding carboxylic acids is 1. The first-order valence-corrected chi connectivity index (χ1v) is 14.3. The Morgan fingerprint density at radius 3 is 2.46 bits per heavy atom. The summed E-state index contributed by atoms with van der Waals surface area (Å²) in [6, 6.07) is 8.16. The number of fused-ring (bicyclic) bond motifs is 1. The number of halogens is 2. The van der Waals surface area contributed by atoms with E-state index in [2.05, 4.69) is 25.2 Å². The molecule has 4 heterocycles. The van der Waals surface area contributed by atoms with Gasteiger partial charge in [0.1, 0.15) is 17.7 Å². The van der Waals surface area contributed by atoms with Crippen molar-refractivity contribution in [2.24, 2.45) is 0 Å². The van der Waals surface area contributed by atoms with Crippen LogP contribution < -0.4 is 10.2 Å². The Kier molecular flexibility index (Phi) is 8.00. The molecule has 41 heavy (non-hydrogen) atoms. The number of aliphatic hydroxyl groups is 1. The molecule has 3 fully saturated rings. The molecular formula is C28H36F2N8O3. The van der Waals surface area contributed by atoms with Gasteiger partial charge in [-0.25, -0.2) is 13.8 Å². The smallest absolute Gasteiger partial charge is 0.296 e. The highest BCUT2D eigenvalue weighted by Crippen LogP contribution is 2.30. The second-order valence-corrected chi connectivity index (χ2v) is 10.9. The van der Waals surface area contributed by atoms with E-state index in [0.29, 0.717) is 56.2 Å². The molecule has 2 N–H and O–H groups in total. The molecule has 3 atom stereocenters. The maximum atomic E-state index is 14.1. The molecule has 6 rings (SSSR count). The molecule has 0 radical (unpaired) electrons. The van der Waals surface area contributed by atoms with E-state index in [9.17, 15) is 18.7 Å². The minimum atomic E-state index is -2.81. The Bertz CT molecular complexity index is 1370. The van der Waals surface area contributed by atoms with Crippen LogP contribution in [0.3, 0.4) is 0 Å². The molecule has 2 aromatic heterocycles. The molecule has 1 amide bonds. The lowest BCUT2D eigenvalue weighted by Gasteiger charge is -2.39. The first kappa shape index (κ1) is 27.7. The van der Waals surface area contributed by atoms with Gasteiger partial charge >= 0.3 is 0 Å². The van der Waals surface area contributed by atoms with Crippen molar-refractivity contribution in [1.29, 1.82) is 0 Å².